The molecule has 27 heavy (non-hydrogen) atoms. The first-order valence-corrected chi connectivity index (χ1v) is 8.91. The zero-order chi connectivity index (χ0) is 21.5. The summed E-state index contributed by atoms with van der Waals surface area (Å²) in [6.07, 6.45) is 1.00. The SMILES string of the molecule is CC=[N-].C[C-]1C(C)C(C)C(C)C1C.FP(F)(F)(F)F.[CH2-]C#N.[CH2-]C#N.[F-].[Ru+4]. The van der Waals surface area contributed by atoms with Gasteiger partial charge >= 0.3 is 48.6 Å². The molecule has 0 aromatic heterocycles. The third-order valence-electron chi connectivity index (χ3n) is 3.84. The summed E-state index contributed by atoms with van der Waals surface area (Å²) in [6, 6.07) is 3.00. The van der Waals surface area contributed by atoms with E-state index in [9.17, 15) is 21.0 Å². The topological polar surface area (TPSA) is 69.9 Å². The second-order valence-electron chi connectivity index (χ2n) is 5.25. The number of hydrogen-bond donors (Lipinski definition) is 0. The Kier molecular flexibility index (Phi) is 29.8. The largest absolute Gasteiger partial charge is 4.00 e. The van der Waals surface area contributed by atoms with E-state index in [0.717, 1.165) is 29.9 Å². The number of nitriles is 2. The molecule has 4 atom stereocenters. The van der Waals surface area contributed by atoms with Crippen LogP contribution in [0.25, 0.3) is 5.41 Å². The van der Waals surface area contributed by atoms with Gasteiger partial charge in [0.25, 0.3) is 0 Å². The van der Waals surface area contributed by atoms with Crippen molar-refractivity contribution in [2.24, 2.45) is 23.7 Å². The van der Waals surface area contributed by atoms with Gasteiger partial charge in [-0.05, 0) is 0 Å². The summed E-state index contributed by atoms with van der Waals surface area (Å²) >= 11 is 0. The fraction of sp³-hybridized carbons (Fsp3) is 0.625. The fourth-order valence-electron chi connectivity index (χ4n) is 2.15. The van der Waals surface area contributed by atoms with E-state index in [1.165, 1.54) is 12.1 Å². The summed E-state index contributed by atoms with van der Waals surface area (Å²) in [4.78, 5) is 0. The van der Waals surface area contributed by atoms with Crippen molar-refractivity contribution in [3.8, 4) is 12.1 Å². The Balaban J connectivity index is -0.0000000565. The molecular weight excluding hydrogens is 480 g/mol. The van der Waals surface area contributed by atoms with E-state index in [1.807, 2.05) is 0 Å². The van der Waals surface area contributed by atoms with Crippen LogP contribution in [0.5, 0.6) is 0 Å². The maximum atomic E-state index is 9.84. The van der Waals surface area contributed by atoms with E-state index in [0.29, 0.717) is 0 Å². The molecule has 0 aromatic carbocycles. The molecule has 0 heterocycles. The van der Waals surface area contributed by atoms with Gasteiger partial charge in [-0.15, -0.1) is 12.1 Å². The Morgan fingerprint density at radius 1 is 0.926 bits per heavy atom. The minimum Gasteiger partial charge on any atom is -1.00 e. The number of halogens is 6. The molecule has 1 aliphatic rings. The van der Waals surface area contributed by atoms with E-state index >= 15 is 0 Å². The molecule has 0 saturated heterocycles. The van der Waals surface area contributed by atoms with Gasteiger partial charge in [0.2, 0.25) is 0 Å². The van der Waals surface area contributed by atoms with Gasteiger partial charge in [-0.2, -0.15) is 18.8 Å². The van der Waals surface area contributed by atoms with Crippen LogP contribution in [0.2, 0.25) is 0 Å². The van der Waals surface area contributed by atoms with Gasteiger partial charge in [-0.3, -0.25) is 0 Å². The molecule has 0 bridgehead atoms. The molecule has 0 radical (unpaired) electrons. The second-order valence-corrected chi connectivity index (χ2v) is 6.53. The van der Waals surface area contributed by atoms with Crippen LogP contribution in [0, 0.1) is 66.1 Å². The van der Waals surface area contributed by atoms with Gasteiger partial charge in [0.15, 0.2) is 0 Å². The molecule has 0 aliphatic heterocycles. The standard InChI is InChI=1S/C10H19.C2H4N.2C2H2N.F5P.FH.Ru/c1-6-7(2)9(4)10(5)8(6)3;3*1-2-3;1-6(2,3,4)5;;/h6-9H,1-5H3;2H,1H3;2*1H2;;1H;/q4*-1;;;+4/p-1. The zero-order valence-corrected chi connectivity index (χ0v) is 18.8. The molecule has 1 rings (SSSR count). The third-order valence-corrected chi connectivity index (χ3v) is 3.84. The van der Waals surface area contributed by atoms with Crippen LogP contribution in [0.3, 0.4) is 0 Å². The third kappa shape index (κ3) is 36.7. The van der Waals surface area contributed by atoms with Crippen molar-refractivity contribution in [2.45, 2.75) is 41.5 Å². The van der Waals surface area contributed by atoms with E-state index in [2.05, 4.69) is 48.5 Å². The Morgan fingerprint density at radius 2 is 1.04 bits per heavy atom. The van der Waals surface area contributed by atoms with Gasteiger partial charge in [-0.25, -0.2) is 16.7 Å². The number of hydrogen-bond acceptors (Lipinski definition) is 2. The van der Waals surface area contributed by atoms with E-state index in [-0.39, 0.29) is 24.2 Å². The minimum atomic E-state index is -8.55. The van der Waals surface area contributed by atoms with Gasteiger partial charge < -0.3 is 29.9 Å². The summed E-state index contributed by atoms with van der Waals surface area (Å²) in [7, 11) is -8.55. The summed E-state index contributed by atoms with van der Waals surface area (Å²) in [5.74, 6) is 5.21. The summed E-state index contributed by atoms with van der Waals surface area (Å²) in [5.41, 5.74) is 0. The summed E-state index contributed by atoms with van der Waals surface area (Å²) < 4.78 is 49.2. The predicted molar refractivity (Wildman–Crippen MR) is 95.1 cm³/mol. The monoisotopic (exact) mass is 508 g/mol. The molecular formula is C16H27F6N3PRu-. The maximum Gasteiger partial charge on any atom is 4.00 e. The van der Waals surface area contributed by atoms with Crippen molar-refractivity contribution < 1.29 is 45.2 Å². The maximum absolute atomic E-state index is 9.84. The molecule has 11 heteroatoms. The molecule has 0 aromatic rings. The van der Waals surface area contributed by atoms with Crippen molar-refractivity contribution in [1.82, 2.24) is 0 Å². The van der Waals surface area contributed by atoms with Crippen molar-refractivity contribution in [3.05, 3.63) is 25.2 Å². The molecule has 0 spiro atoms. The molecule has 0 amide bonds. The van der Waals surface area contributed by atoms with E-state index < -0.39 is 8.16 Å². The van der Waals surface area contributed by atoms with Crippen molar-refractivity contribution in [3.63, 3.8) is 0 Å². The molecule has 4 unspecified atom stereocenters. The average Bonchev–Trinajstić information content (AvgIpc) is 2.57. The van der Waals surface area contributed by atoms with Crippen LogP contribution in [-0.4, -0.2) is 6.21 Å². The Labute approximate surface area is 172 Å². The van der Waals surface area contributed by atoms with Crippen molar-refractivity contribution in [2.75, 3.05) is 0 Å². The second kappa shape index (κ2) is 19.8. The van der Waals surface area contributed by atoms with Gasteiger partial charge in [0.1, 0.15) is 0 Å². The van der Waals surface area contributed by atoms with Gasteiger partial charge in [-0.1, -0.05) is 46.5 Å². The number of nitrogens with zero attached hydrogens (tertiary/aromatic N) is 3. The number of rotatable bonds is 0. The van der Waals surface area contributed by atoms with Crippen LogP contribution in [0.4, 0.5) is 21.0 Å². The molecule has 0 N–H and O–H groups in total. The van der Waals surface area contributed by atoms with Gasteiger partial charge in [0, 0.05) is 0 Å². The molecule has 162 valence electrons. The van der Waals surface area contributed by atoms with Crippen LogP contribution in [0.1, 0.15) is 41.5 Å². The minimum absolute atomic E-state index is 0. The van der Waals surface area contributed by atoms with Crippen LogP contribution >= 0.6 is 8.16 Å². The first-order chi connectivity index (χ1) is 11.0. The molecule has 1 saturated carbocycles. The molecule has 1 aliphatic carbocycles. The smallest absolute Gasteiger partial charge is 1.00 e. The predicted octanol–water partition coefficient (Wildman–Crippen LogP) is 4.44. The Bertz CT molecular complexity index is 359. The fourth-order valence-corrected chi connectivity index (χ4v) is 2.15. The summed E-state index contributed by atoms with van der Waals surface area (Å²) in [6.45, 7) is 18.9. The normalized spacial score (nSPS) is 23.8. The van der Waals surface area contributed by atoms with Crippen molar-refractivity contribution >= 4 is 14.4 Å². The Hall–Kier alpha value is -0.977. The van der Waals surface area contributed by atoms with Crippen LogP contribution in [-0.2, 0) is 19.5 Å². The van der Waals surface area contributed by atoms with Crippen LogP contribution < -0.4 is 4.70 Å². The quantitative estimate of drug-likeness (QED) is 0.160. The first-order valence-electron chi connectivity index (χ1n) is 7.22. The first kappa shape index (κ1) is 40.6. The molecule has 1 fully saturated rings. The van der Waals surface area contributed by atoms with E-state index in [4.69, 9.17) is 15.9 Å². The van der Waals surface area contributed by atoms with Crippen LogP contribution in [0.15, 0.2) is 0 Å². The average molecular weight is 507 g/mol. The molecule has 3 nitrogen and oxygen atoms in total. The Morgan fingerprint density at radius 3 is 1.07 bits per heavy atom. The zero-order valence-electron chi connectivity index (χ0n) is 16.2. The van der Waals surface area contributed by atoms with Gasteiger partial charge in [0.05, 0.1) is 0 Å². The van der Waals surface area contributed by atoms with Crippen molar-refractivity contribution in [1.29, 1.82) is 10.5 Å². The summed E-state index contributed by atoms with van der Waals surface area (Å²) in [5, 5.41) is 21.9. The van der Waals surface area contributed by atoms with E-state index in [1.54, 1.807) is 12.8 Å².